The van der Waals surface area contributed by atoms with Crippen molar-refractivity contribution in [2.45, 2.75) is 77.2 Å². The largest absolute Gasteiger partial charge is 0.480 e. The molecule has 0 bridgehead atoms. The second-order valence-electron chi connectivity index (χ2n) is 11.8. The molecule has 0 unspecified atom stereocenters. The summed E-state index contributed by atoms with van der Waals surface area (Å²) in [5.74, 6) is -2.78. The van der Waals surface area contributed by atoms with Gasteiger partial charge in [-0.05, 0) is 44.4 Å². The normalized spacial score (nSPS) is 13.8. The van der Waals surface area contributed by atoms with E-state index < -0.39 is 53.7 Å². The van der Waals surface area contributed by atoms with E-state index in [0.29, 0.717) is 0 Å². The molecule has 3 amide bonds. The lowest BCUT2D eigenvalue weighted by atomic mass is 10.0. The number of carboxylic acids is 1. The molecule has 11 heteroatoms. The monoisotopic (exact) mass is 633 g/mol. The Morgan fingerprint density at radius 2 is 1.22 bits per heavy atom. The maximum absolute atomic E-state index is 13.7. The van der Waals surface area contributed by atoms with Gasteiger partial charge in [-0.1, -0.05) is 91.0 Å². The van der Waals surface area contributed by atoms with Crippen molar-refractivity contribution in [2.75, 3.05) is 6.61 Å². The maximum Gasteiger partial charge on any atom is 0.408 e. The van der Waals surface area contributed by atoms with Gasteiger partial charge in [0, 0.05) is 6.42 Å². The number of carbonyl (C=O) groups excluding carboxylic acids is 3. The fraction of sp³-hybridized carbons (Fsp3) is 0.371. The molecule has 0 spiro atoms. The van der Waals surface area contributed by atoms with Gasteiger partial charge in [0.25, 0.3) is 0 Å². The molecule has 0 radical (unpaired) electrons. The zero-order chi connectivity index (χ0) is 33.5. The SMILES string of the molecule is C[C@@H](OCc1ccccc1)[C@H](NC(=O)[C@H](Cc1ccccc1)NC(=O)OC(C)(C)C)C(=O)N[C@@H](COCc1ccccc1)C(=O)O. The zero-order valence-corrected chi connectivity index (χ0v) is 26.6. The van der Waals surface area contributed by atoms with Crippen LogP contribution in [0, 0.1) is 0 Å². The predicted octanol–water partition coefficient (Wildman–Crippen LogP) is 4.00. The number of hydrogen-bond donors (Lipinski definition) is 4. The third-order valence-electron chi connectivity index (χ3n) is 6.71. The van der Waals surface area contributed by atoms with E-state index in [2.05, 4.69) is 16.0 Å². The minimum Gasteiger partial charge on any atom is -0.480 e. The first-order chi connectivity index (χ1) is 21.9. The molecule has 3 aromatic carbocycles. The molecule has 0 aromatic heterocycles. The lowest BCUT2D eigenvalue weighted by Crippen LogP contribution is -2.60. The van der Waals surface area contributed by atoms with Gasteiger partial charge < -0.3 is 35.3 Å². The van der Waals surface area contributed by atoms with Crippen LogP contribution in [-0.2, 0) is 48.2 Å². The molecule has 4 N–H and O–H groups in total. The highest BCUT2D eigenvalue weighted by Crippen LogP contribution is 2.11. The van der Waals surface area contributed by atoms with E-state index in [1.54, 1.807) is 52.0 Å². The van der Waals surface area contributed by atoms with E-state index in [1.165, 1.54) is 0 Å². The molecular formula is C35H43N3O8. The van der Waals surface area contributed by atoms with E-state index in [-0.39, 0.29) is 26.2 Å². The average molecular weight is 634 g/mol. The van der Waals surface area contributed by atoms with E-state index in [4.69, 9.17) is 14.2 Å². The minimum absolute atomic E-state index is 0.102. The number of amides is 3. The summed E-state index contributed by atoms with van der Waals surface area (Å²) in [6.07, 6.45) is -1.60. The molecule has 0 aliphatic carbocycles. The summed E-state index contributed by atoms with van der Waals surface area (Å²) in [6, 6.07) is 23.6. The van der Waals surface area contributed by atoms with Gasteiger partial charge in [-0.3, -0.25) is 9.59 Å². The smallest absolute Gasteiger partial charge is 0.408 e. The Morgan fingerprint density at radius 1 is 0.696 bits per heavy atom. The topological polar surface area (TPSA) is 152 Å². The summed E-state index contributed by atoms with van der Waals surface area (Å²) in [5, 5.41) is 17.6. The number of ether oxygens (including phenoxy) is 3. The first-order valence-electron chi connectivity index (χ1n) is 15.1. The van der Waals surface area contributed by atoms with Crippen molar-refractivity contribution in [3.63, 3.8) is 0 Å². The molecule has 0 aliphatic rings. The molecular weight excluding hydrogens is 590 g/mol. The van der Waals surface area contributed by atoms with Gasteiger partial charge in [-0.25, -0.2) is 9.59 Å². The summed E-state index contributed by atoms with van der Waals surface area (Å²) in [4.78, 5) is 52.1. The van der Waals surface area contributed by atoms with Crippen LogP contribution < -0.4 is 16.0 Å². The van der Waals surface area contributed by atoms with Crippen molar-refractivity contribution >= 4 is 23.9 Å². The zero-order valence-electron chi connectivity index (χ0n) is 26.6. The Balaban J connectivity index is 1.79. The van der Waals surface area contributed by atoms with Crippen LogP contribution in [0.5, 0.6) is 0 Å². The van der Waals surface area contributed by atoms with Gasteiger partial charge in [0.15, 0.2) is 6.04 Å². The third kappa shape index (κ3) is 12.7. The van der Waals surface area contributed by atoms with Crippen LogP contribution >= 0.6 is 0 Å². The Morgan fingerprint density at radius 3 is 1.74 bits per heavy atom. The molecule has 0 aliphatic heterocycles. The molecule has 0 saturated heterocycles. The molecule has 0 heterocycles. The van der Waals surface area contributed by atoms with Gasteiger partial charge in [0.05, 0.1) is 25.9 Å². The number of alkyl carbamates (subject to hydrolysis) is 1. The van der Waals surface area contributed by atoms with Crippen LogP contribution in [0.25, 0.3) is 0 Å². The number of hydrogen-bond acceptors (Lipinski definition) is 7. The maximum atomic E-state index is 13.7. The van der Waals surface area contributed by atoms with E-state index in [9.17, 15) is 24.3 Å². The Hall–Kier alpha value is -4.74. The first kappa shape index (κ1) is 35.7. The number of aliphatic carboxylic acids is 1. The van der Waals surface area contributed by atoms with E-state index in [1.807, 2.05) is 66.7 Å². The van der Waals surface area contributed by atoms with Crippen molar-refractivity contribution < 1.29 is 38.5 Å². The summed E-state index contributed by atoms with van der Waals surface area (Å²) in [5.41, 5.74) is 1.63. The van der Waals surface area contributed by atoms with Crippen LogP contribution in [0.4, 0.5) is 4.79 Å². The second kappa shape index (κ2) is 17.7. The molecule has 0 fully saturated rings. The number of carboxylic acid groups (broad SMARTS) is 1. The van der Waals surface area contributed by atoms with E-state index >= 15 is 0 Å². The molecule has 4 atom stereocenters. The van der Waals surface area contributed by atoms with Crippen molar-refractivity contribution in [1.29, 1.82) is 0 Å². The first-order valence-corrected chi connectivity index (χ1v) is 15.1. The summed E-state index contributed by atoms with van der Waals surface area (Å²) in [6.45, 7) is 6.67. The molecule has 246 valence electrons. The Bertz CT molecular complexity index is 1400. The van der Waals surface area contributed by atoms with Crippen molar-refractivity contribution in [3.8, 4) is 0 Å². The van der Waals surface area contributed by atoms with Crippen LogP contribution in [-0.4, -0.2) is 65.4 Å². The van der Waals surface area contributed by atoms with E-state index in [0.717, 1.165) is 16.7 Å². The summed E-state index contributed by atoms with van der Waals surface area (Å²) in [7, 11) is 0. The average Bonchev–Trinajstić information content (AvgIpc) is 3.02. The predicted molar refractivity (Wildman–Crippen MR) is 172 cm³/mol. The van der Waals surface area contributed by atoms with Gasteiger partial charge in [-0.15, -0.1) is 0 Å². The van der Waals surface area contributed by atoms with Gasteiger partial charge in [-0.2, -0.15) is 0 Å². The number of carbonyl (C=O) groups is 4. The highest BCUT2D eigenvalue weighted by molar-refractivity contribution is 5.93. The van der Waals surface area contributed by atoms with Crippen LogP contribution in [0.1, 0.15) is 44.4 Å². The van der Waals surface area contributed by atoms with Gasteiger partial charge >= 0.3 is 12.1 Å². The number of benzene rings is 3. The fourth-order valence-electron chi connectivity index (χ4n) is 4.36. The van der Waals surface area contributed by atoms with Crippen molar-refractivity contribution in [1.82, 2.24) is 16.0 Å². The van der Waals surface area contributed by atoms with Crippen LogP contribution in [0.15, 0.2) is 91.0 Å². The minimum atomic E-state index is -1.41. The molecule has 46 heavy (non-hydrogen) atoms. The quantitative estimate of drug-likeness (QED) is 0.185. The lowest BCUT2D eigenvalue weighted by molar-refractivity contribution is -0.145. The summed E-state index contributed by atoms with van der Waals surface area (Å²) >= 11 is 0. The van der Waals surface area contributed by atoms with Gasteiger partial charge in [0.2, 0.25) is 11.8 Å². The molecule has 11 nitrogen and oxygen atoms in total. The molecule has 3 aromatic rings. The standard InChI is InChI=1S/C35H43N3O8/c1-24(45-22-27-18-12-7-13-19-27)30(32(40)36-29(33(41)42)23-44-21-26-16-10-6-11-17-26)38-31(39)28(20-25-14-8-5-9-15-25)37-34(43)46-35(2,3)4/h5-19,24,28-30H,20-23H2,1-4H3,(H,36,40)(H,37,43)(H,38,39)(H,41,42)/t24-,28+,29+,30+/m1/s1. The number of nitrogens with one attached hydrogen (secondary N) is 3. The van der Waals surface area contributed by atoms with Gasteiger partial charge in [0.1, 0.15) is 17.7 Å². The highest BCUT2D eigenvalue weighted by atomic mass is 16.6. The van der Waals surface area contributed by atoms with Crippen molar-refractivity contribution in [3.05, 3.63) is 108 Å². The Labute approximate surface area is 269 Å². The molecule has 0 saturated carbocycles. The number of rotatable bonds is 16. The fourth-order valence-corrected chi connectivity index (χ4v) is 4.36. The summed E-state index contributed by atoms with van der Waals surface area (Å²) < 4.78 is 16.9. The third-order valence-corrected chi connectivity index (χ3v) is 6.71. The van der Waals surface area contributed by atoms with Crippen LogP contribution in [0.2, 0.25) is 0 Å². The van der Waals surface area contributed by atoms with Crippen LogP contribution in [0.3, 0.4) is 0 Å². The van der Waals surface area contributed by atoms with Crippen molar-refractivity contribution in [2.24, 2.45) is 0 Å². The second-order valence-corrected chi connectivity index (χ2v) is 11.8. The Kier molecular flexibility index (Phi) is 13.7. The highest BCUT2D eigenvalue weighted by Gasteiger charge is 2.34. The molecule has 3 rings (SSSR count). The lowest BCUT2D eigenvalue weighted by Gasteiger charge is -2.29.